The number of hydrogen-bond acceptors (Lipinski definition) is 4. The predicted molar refractivity (Wildman–Crippen MR) is 93.6 cm³/mol. The standard InChI is InChI=1S/C17H23N2O3P/c1-11-8-13-16(14(9-11)23(3,4)21)12(17(20)18-13)10-19-7-5-6-15(19)22-2/h8-10,15H,5-7H2,1-4H3,(H,18,20)/b12-10-. The highest BCUT2D eigenvalue weighted by molar-refractivity contribution is 7.70. The first-order valence-electron chi connectivity index (χ1n) is 7.83. The second-order valence-corrected chi connectivity index (χ2v) is 9.81. The highest BCUT2D eigenvalue weighted by atomic mass is 31.2. The van der Waals surface area contributed by atoms with Gasteiger partial charge in [0.2, 0.25) is 0 Å². The number of nitrogens with one attached hydrogen (secondary N) is 1. The molecule has 0 spiro atoms. The Labute approximate surface area is 137 Å². The van der Waals surface area contributed by atoms with Crippen molar-refractivity contribution < 1.29 is 14.1 Å². The van der Waals surface area contributed by atoms with Gasteiger partial charge in [0.25, 0.3) is 5.91 Å². The van der Waals surface area contributed by atoms with E-state index in [9.17, 15) is 9.36 Å². The first kappa shape index (κ1) is 16.3. The average Bonchev–Trinajstić information content (AvgIpc) is 3.02. The number of carbonyl (C=O) groups is 1. The minimum Gasteiger partial charge on any atom is -0.362 e. The summed E-state index contributed by atoms with van der Waals surface area (Å²) in [4.78, 5) is 14.5. The average molecular weight is 334 g/mol. The van der Waals surface area contributed by atoms with Crippen LogP contribution in [0, 0.1) is 6.92 Å². The van der Waals surface area contributed by atoms with E-state index in [1.807, 2.05) is 25.3 Å². The number of ether oxygens (including phenoxy) is 1. The second kappa shape index (κ2) is 5.81. The van der Waals surface area contributed by atoms with Crippen LogP contribution in [0.3, 0.4) is 0 Å². The van der Waals surface area contributed by atoms with Gasteiger partial charge in [-0.1, -0.05) is 0 Å². The lowest BCUT2D eigenvalue weighted by atomic mass is 10.1. The largest absolute Gasteiger partial charge is 0.362 e. The number of carbonyl (C=O) groups excluding carboxylic acids is 1. The number of benzene rings is 1. The van der Waals surface area contributed by atoms with E-state index < -0.39 is 7.14 Å². The molecule has 124 valence electrons. The summed E-state index contributed by atoms with van der Waals surface area (Å²) in [5.74, 6) is -0.137. The molecule has 0 radical (unpaired) electrons. The van der Waals surface area contributed by atoms with Crippen LogP contribution in [0.15, 0.2) is 18.3 Å². The number of hydrogen-bond donors (Lipinski definition) is 1. The predicted octanol–water partition coefficient (Wildman–Crippen LogP) is 2.60. The number of nitrogens with zero attached hydrogens (tertiary/aromatic N) is 1. The van der Waals surface area contributed by atoms with E-state index in [2.05, 4.69) is 10.2 Å². The molecule has 6 heteroatoms. The molecule has 0 saturated carbocycles. The Balaban J connectivity index is 2.13. The highest BCUT2D eigenvalue weighted by Gasteiger charge is 2.33. The molecule has 23 heavy (non-hydrogen) atoms. The third-order valence-corrected chi connectivity index (χ3v) is 5.92. The second-order valence-electron chi connectivity index (χ2n) is 6.62. The van der Waals surface area contributed by atoms with Crippen LogP contribution in [0.25, 0.3) is 5.57 Å². The molecule has 1 fully saturated rings. The zero-order valence-corrected chi connectivity index (χ0v) is 14.9. The lowest BCUT2D eigenvalue weighted by Gasteiger charge is -2.22. The molecule has 1 N–H and O–H groups in total. The molecule has 1 amide bonds. The Morgan fingerprint density at radius 1 is 1.39 bits per heavy atom. The Hall–Kier alpha value is -1.58. The minimum atomic E-state index is -2.50. The Kier molecular flexibility index (Phi) is 4.11. The van der Waals surface area contributed by atoms with Gasteiger partial charge in [0.1, 0.15) is 13.4 Å². The number of amides is 1. The fourth-order valence-electron chi connectivity index (χ4n) is 3.33. The molecule has 5 nitrogen and oxygen atoms in total. The van der Waals surface area contributed by atoms with Gasteiger partial charge in [0, 0.05) is 30.7 Å². The minimum absolute atomic E-state index is 0.00306. The number of likely N-dealkylation sites (tertiary alicyclic amines) is 1. The van der Waals surface area contributed by atoms with E-state index in [1.54, 1.807) is 20.4 Å². The SMILES string of the molecule is COC1CCCN1/C=C1\C(=O)Nc2cc(C)cc(P(C)(C)=O)c21. The Bertz CT molecular complexity index is 736. The van der Waals surface area contributed by atoms with Gasteiger partial charge in [-0.25, -0.2) is 0 Å². The topological polar surface area (TPSA) is 58.6 Å². The lowest BCUT2D eigenvalue weighted by molar-refractivity contribution is -0.110. The molecule has 2 aliphatic rings. The summed E-state index contributed by atoms with van der Waals surface area (Å²) >= 11 is 0. The molecule has 2 heterocycles. The molecule has 0 aliphatic carbocycles. The van der Waals surface area contributed by atoms with E-state index >= 15 is 0 Å². The lowest BCUT2D eigenvalue weighted by Crippen LogP contribution is -2.26. The summed E-state index contributed by atoms with van der Waals surface area (Å²) in [6, 6.07) is 3.87. The maximum Gasteiger partial charge on any atom is 0.257 e. The highest BCUT2D eigenvalue weighted by Crippen LogP contribution is 2.43. The third-order valence-electron chi connectivity index (χ3n) is 4.41. The number of fused-ring (bicyclic) bond motifs is 1. The molecule has 1 saturated heterocycles. The summed E-state index contributed by atoms with van der Waals surface area (Å²) in [6.45, 7) is 6.31. The van der Waals surface area contributed by atoms with Gasteiger partial charge in [-0.3, -0.25) is 4.79 Å². The van der Waals surface area contributed by atoms with Gasteiger partial charge in [0.15, 0.2) is 0 Å². The molecule has 3 rings (SSSR count). The van der Waals surface area contributed by atoms with E-state index in [1.165, 1.54) is 0 Å². The van der Waals surface area contributed by atoms with Crippen molar-refractivity contribution in [2.45, 2.75) is 26.0 Å². The molecular weight excluding hydrogens is 311 g/mol. The van der Waals surface area contributed by atoms with E-state index in [0.717, 1.165) is 41.5 Å². The van der Waals surface area contributed by atoms with Gasteiger partial charge >= 0.3 is 0 Å². The van der Waals surface area contributed by atoms with Crippen LogP contribution in [-0.2, 0) is 14.1 Å². The monoisotopic (exact) mass is 334 g/mol. The van der Waals surface area contributed by atoms with E-state index in [0.29, 0.717) is 5.57 Å². The van der Waals surface area contributed by atoms with Gasteiger partial charge in [-0.15, -0.1) is 0 Å². The number of methoxy groups -OCH3 is 1. The van der Waals surface area contributed by atoms with Crippen LogP contribution < -0.4 is 10.6 Å². The first-order valence-corrected chi connectivity index (χ1v) is 10.4. The molecule has 2 aliphatic heterocycles. The third kappa shape index (κ3) is 2.96. The quantitative estimate of drug-likeness (QED) is 0.682. The van der Waals surface area contributed by atoms with Crippen LogP contribution in [0.5, 0.6) is 0 Å². The van der Waals surface area contributed by atoms with E-state index in [-0.39, 0.29) is 12.1 Å². The fourth-order valence-corrected chi connectivity index (χ4v) is 4.62. The summed E-state index contributed by atoms with van der Waals surface area (Å²) < 4.78 is 18.2. The Morgan fingerprint density at radius 3 is 2.78 bits per heavy atom. The molecule has 1 aromatic rings. The Morgan fingerprint density at radius 2 is 2.13 bits per heavy atom. The van der Waals surface area contributed by atoms with Gasteiger partial charge in [-0.2, -0.15) is 0 Å². The van der Waals surface area contributed by atoms with Gasteiger partial charge in [-0.05, 0) is 50.8 Å². The van der Waals surface area contributed by atoms with Crippen molar-refractivity contribution >= 4 is 29.6 Å². The molecule has 1 aromatic carbocycles. The van der Waals surface area contributed by atoms with Crippen molar-refractivity contribution in [2.75, 3.05) is 32.3 Å². The summed E-state index contributed by atoms with van der Waals surface area (Å²) in [5.41, 5.74) is 3.13. The maximum absolute atomic E-state index is 12.7. The molecular formula is C17H23N2O3P. The zero-order valence-electron chi connectivity index (χ0n) is 14.0. The first-order chi connectivity index (χ1) is 10.8. The zero-order chi connectivity index (χ0) is 16.8. The van der Waals surface area contributed by atoms with Crippen LogP contribution >= 0.6 is 7.14 Å². The van der Waals surface area contributed by atoms with Crippen molar-refractivity contribution in [3.8, 4) is 0 Å². The molecule has 0 aromatic heterocycles. The fraction of sp³-hybridized carbons (Fsp3) is 0.471. The van der Waals surface area contributed by atoms with Crippen LogP contribution in [0.4, 0.5) is 5.69 Å². The summed E-state index contributed by atoms with van der Waals surface area (Å²) in [5, 5.41) is 3.68. The van der Waals surface area contributed by atoms with Crippen molar-refractivity contribution in [3.63, 3.8) is 0 Å². The van der Waals surface area contributed by atoms with Crippen molar-refractivity contribution in [1.82, 2.24) is 4.90 Å². The van der Waals surface area contributed by atoms with Crippen molar-refractivity contribution in [3.05, 3.63) is 29.5 Å². The van der Waals surface area contributed by atoms with Crippen LogP contribution in [0.2, 0.25) is 0 Å². The van der Waals surface area contributed by atoms with Gasteiger partial charge in [0.05, 0.1) is 11.3 Å². The van der Waals surface area contributed by atoms with E-state index in [4.69, 9.17) is 4.74 Å². The molecule has 0 bridgehead atoms. The van der Waals surface area contributed by atoms with Crippen LogP contribution in [0.1, 0.15) is 24.0 Å². The normalized spacial score (nSPS) is 22.6. The number of aryl methyl sites for hydroxylation is 1. The smallest absolute Gasteiger partial charge is 0.257 e. The van der Waals surface area contributed by atoms with Crippen LogP contribution in [-0.4, -0.2) is 44.0 Å². The number of rotatable bonds is 3. The maximum atomic E-state index is 12.7. The summed E-state index contributed by atoms with van der Waals surface area (Å²) in [6.07, 6.45) is 3.87. The van der Waals surface area contributed by atoms with Crippen molar-refractivity contribution in [1.29, 1.82) is 0 Å². The summed E-state index contributed by atoms with van der Waals surface area (Å²) in [7, 11) is -0.814. The molecule has 1 unspecified atom stereocenters. The van der Waals surface area contributed by atoms with Crippen molar-refractivity contribution in [2.24, 2.45) is 0 Å². The number of anilines is 1. The molecule has 1 atom stereocenters. The van der Waals surface area contributed by atoms with Gasteiger partial charge < -0.3 is 19.5 Å².